The number of nitro groups is 3. The van der Waals surface area contributed by atoms with Crippen LogP contribution in [0, 0.1) is 37.3 Å². The van der Waals surface area contributed by atoms with Gasteiger partial charge < -0.3 is 29.3 Å². The van der Waals surface area contributed by atoms with Crippen LogP contribution in [0.5, 0.6) is 0 Å². The lowest BCUT2D eigenvalue weighted by Gasteiger charge is -2.19. The zero-order valence-corrected chi connectivity index (χ0v) is 80.4. The van der Waals surface area contributed by atoms with E-state index in [-0.39, 0.29) is 118 Å². The van der Waals surface area contributed by atoms with E-state index in [0.29, 0.717) is 32.9 Å². The Kier molecular flexibility index (Phi) is 54.5. The number of carbonyl (C=O) groups is 8. The number of aromatic amines is 1. The van der Waals surface area contributed by atoms with Gasteiger partial charge in [0.15, 0.2) is 34.7 Å². The number of allylic oxidation sites excluding steroid dienone is 2. The summed E-state index contributed by atoms with van der Waals surface area (Å²) in [5, 5.41) is 53.3. The van der Waals surface area contributed by atoms with Crippen molar-refractivity contribution in [2.45, 2.75) is 191 Å². The molecule has 0 atom stereocenters. The van der Waals surface area contributed by atoms with Crippen molar-refractivity contribution >= 4 is 129 Å². The van der Waals surface area contributed by atoms with Gasteiger partial charge in [0.05, 0.1) is 144 Å². The number of fused-ring (bicyclic) bond motifs is 9. The van der Waals surface area contributed by atoms with Crippen LogP contribution in [0.3, 0.4) is 0 Å². The van der Waals surface area contributed by atoms with Crippen molar-refractivity contribution in [3.63, 3.8) is 0 Å². The van der Waals surface area contributed by atoms with Gasteiger partial charge in [0, 0.05) is 62.7 Å². The SMILES string of the molecule is C/C=C(\C(C)=O)C(=O)c1ccccc1[N+](=O)[O-].CC.CC.CC.CC.CC.CC.CC(=O)CC(=O)c1ccccc1[N+](=O)[O-].CC(=O)Cn1ncc(C)c1-c1ccccc1[N+](=O)[O-].CC(=O)Cn1ncc2c(=O)[nH]c3ccccc3c21.CC(=O)Cn1ncc2c(=O)n(C)c3ccccc3c21.CC(=O)Cn1ncc2c(=O)n(C)c3ccccc3c21.CCCN.COC(OC)N(C)C. The number of ether oxygens (including phenoxy) is 2. The molecule has 0 saturated carbocycles. The molecule has 13 aromatic rings. The van der Waals surface area contributed by atoms with E-state index in [2.05, 4.69) is 32.3 Å². The molecule has 35 heteroatoms. The summed E-state index contributed by atoms with van der Waals surface area (Å²) in [5.41, 5.74) is 10.5. The van der Waals surface area contributed by atoms with E-state index in [4.69, 9.17) is 15.2 Å². The predicted octanol–water partition coefficient (Wildman–Crippen LogP) is 17.5. The second-order valence-corrected chi connectivity index (χ2v) is 26.8. The molecule has 35 nitrogen and oxygen atoms in total. The largest absolute Gasteiger partial charge is 0.343 e. The average molecular weight is 1810 g/mol. The minimum atomic E-state index is -0.638. The molecule has 13 rings (SSSR count). The number of methoxy groups -OCH3 is 2. The summed E-state index contributed by atoms with van der Waals surface area (Å²) in [6.07, 6.45) is 8.13. The minimum absolute atomic E-state index is 0.00404. The Hall–Kier alpha value is -14.3. The van der Waals surface area contributed by atoms with Crippen molar-refractivity contribution < 1.29 is 62.6 Å². The number of nitrogens with zero attached hydrogens (tertiary/aromatic N) is 14. The number of rotatable bonds is 22. The van der Waals surface area contributed by atoms with Crippen LogP contribution in [0.25, 0.3) is 76.7 Å². The van der Waals surface area contributed by atoms with Gasteiger partial charge in [-0.05, 0) is 124 Å². The second kappa shape index (κ2) is 61.2. The highest BCUT2D eigenvalue weighted by atomic mass is 16.7. The predicted molar refractivity (Wildman–Crippen MR) is 518 cm³/mol. The van der Waals surface area contributed by atoms with Gasteiger partial charge in [-0.2, -0.15) is 20.4 Å². The number of ketones is 8. The molecule has 0 aliphatic heterocycles. The zero-order valence-electron chi connectivity index (χ0n) is 80.4. The summed E-state index contributed by atoms with van der Waals surface area (Å²) in [6.45, 7) is 39.4. The van der Waals surface area contributed by atoms with Gasteiger partial charge in [0.2, 0.25) is 12.2 Å². The second-order valence-electron chi connectivity index (χ2n) is 26.8. The summed E-state index contributed by atoms with van der Waals surface area (Å²) in [4.78, 5) is 162. The Morgan fingerprint density at radius 2 is 0.802 bits per heavy atom. The number of nitrogens with two attached hydrogens (primary N) is 1. The molecule has 0 radical (unpaired) electrons. The van der Waals surface area contributed by atoms with E-state index in [9.17, 15) is 83.1 Å². The molecule has 131 heavy (non-hydrogen) atoms. The third kappa shape index (κ3) is 33.7. The lowest BCUT2D eigenvalue weighted by atomic mass is 9.99. The van der Waals surface area contributed by atoms with Crippen LogP contribution in [-0.4, -0.2) is 160 Å². The van der Waals surface area contributed by atoms with Gasteiger partial charge >= 0.3 is 0 Å². The number of aromatic nitrogens is 11. The van der Waals surface area contributed by atoms with E-state index < -0.39 is 32.1 Å². The fourth-order valence-corrected chi connectivity index (χ4v) is 12.1. The van der Waals surface area contributed by atoms with Crippen molar-refractivity contribution in [3.05, 3.63) is 260 Å². The number of hydrogen-bond donors (Lipinski definition) is 2. The summed E-state index contributed by atoms with van der Waals surface area (Å²) >= 11 is 0. The first kappa shape index (κ1) is 117. The minimum Gasteiger partial charge on any atom is -0.343 e. The van der Waals surface area contributed by atoms with Crippen molar-refractivity contribution in [3.8, 4) is 11.3 Å². The van der Waals surface area contributed by atoms with E-state index in [1.807, 2.05) is 182 Å². The highest BCUT2D eigenvalue weighted by Crippen LogP contribution is 2.33. The number of H-pyrrole nitrogens is 1. The van der Waals surface area contributed by atoms with Crippen LogP contribution in [0.1, 0.15) is 178 Å². The Labute approximate surface area is 762 Å². The van der Waals surface area contributed by atoms with Crippen LogP contribution >= 0.6 is 0 Å². The van der Waals surface area contributed by atoms with Crippen molar-refractivity contribution in [2.75, 3.05) is 34.9 Å². The fourth-order valence-electron chi connectivity index (χ4n) is 12.1. The van der Waals surface area contributed by atoms with Gasteiger partial charge in [-0.3, -0.25) is 107 Å². The maximum Gasteiger partial charge on any atom is 0.280 e. The quantitative estimate of drug-likeness (QED) is 0.0121. The number of pyridine rings is 3. The van der Waals surface area contributed by atoms with E-state index in [0.717, 1.165) is 62.3 Å². The molecule has 0 spiro atoms. The maximum absolute atomic E-state index is 12.3. The smallest absolute Gasteiger partial charge is 0.280 e. The van der Waals surface area contributed by atoms with Gasteiger partial charge in [-0.25, -0.2) is 0 Å². The van der Waals surface area contributed by atoms with Crippen LogP contribution in [0.15, 0.2) is 196 Å². The van der Waals surface area contributed by atoms with Crippen LogP contribution < -0.4 is 22.4 Å². The molecule has 3 N–H and O–H groups in total. The molecule has 0 saturated heterocycles. The number of benzene rings is 6. The van der Waals surface area contributed by atoms with Gasteiger partial charge in [0.1, 0.15) is 11.3 Å². The molecule has 706 valence electrons. The van der Waals surface area contributed by atoms with E-state index >= 15 is 0 Å². The maximum atomic E-state index is 12.3. The lowest BCUT2D eigenvalue weighted by Crippen LogP contribution is -2.30. The Morgan fingerprint density at radius 1 is 0.466 bits per heavy atom. The normalized spacial score (nSPS) is 10.0. The van der Waals surface area contributed by atoms with Gasteiger partial charge in [0.25, 0.3) is 33.7 Å². The molecular weight excluding hydrogens is 1680 g/mol. The van der Waals surface area contributed by atoms with E-state index in [1.165, 1.54) is 125 Å². The van der Waals surface area contributed by atoms with Crippen molar-refractivity contribution in [1.82, 2.24) is 58.1 Å². The molecular formula is C96H128N16O19. The first-order valence-corrected chi connectivity index (χ1v) is 42.7. The number of Topliss-reactive ketones (excluding diaryl/α,β-unsaturated/α-hetero) is 8. The number of nitro benzene ring substituents is 3. The molecule has 0 bridgehead atoms. The number of carbonyl (C=O) groups excluding carboxylic acids is 8. The van der Waals surface area contributed by atoms with Crippen molar-refractivity contribution in [2.24, 2.45) is 19.8 Å². The number of nitrogens with one attached hydrogen (secondary N) is 1. The number of aryl methyl sites for hydroxylation is 3. The molecule has 7 aromatic heterocycles. The van der Waals surface area contributed by atoms with E-state index in [1.54, 1.807) is 82.8 Å². The highest BCUT2D eigenvalue weighted by molar-refractivity contribution is 6.26. The summed E-state index contributed by atoms with van der Waals surface area (Å²) in [5.74, 6) is -1.88. The molecule has 7 heterocycles. The molecule has 0 unspecified atom stereocenters. The molecule has 0 aliphatic carbocycles. The molecule has 0 aliphatic rings. The third-order valence-corrected chi connectivity index (χ3v) is 17.4. The van der Waals surface area contributed by atoms with Gasteiger partial charge in [-0.1, -0.05) is 187 Å². The Bertz CT molecular complexity index is 6030. The number of para-hydroxylation sites is 6. The standard InChI is InChI=1S/2C14H13N3O2.C13H13N3O3.C13H11N3O2.C12H11NO4.C10H9NO4.C5H13NO2.C3H9N.6C2H6/c2*1-9(18)8-17-13-10-5-3-4-6-12(10)16(2)14(19)11(13)7-15-17;1-9-7-14-15(8-10(2)17)13(9)11-5-3-4-6-12(11)16(18)19;1-8(17)7-16-12-9-4-2-3-5-11(9)15-13(18)10(12)6-14-16;1-3-9(8(2)14)12(15)10-6-4-5-7-11(10)13(16)17;1-7(12)6-10(13)8-4-2-3-5-9(8)11(14)15;1-6(2)5(7-3)8-4;1-2-3-4;6*1-2/h3*3-7H,8H2,1-2H3;2-6H,7H2,1H3,(H,15,18);3-7H,1-2H3;2-5H,6H2,1H3;5H,1-4H3;2-4H2,1H3;6*1-2H3/b;;;;9-3+;;;;;;;;;. The molecule has 6 aromatic carbocycles. The Morgan fingerprint density at radius 3 is 1.17 bits per heavy atom. The van der Waals surface area contributed by atoms with Gasteiger partial charge in [-0.15, -0.1) is 0 Å². The zero-order chi connectivity index (χ0) is 100. The fraction of sp³-hybridized carbons (Fsp3) is 0.365. The van der Waals surface area contributed by atoms with Crippen LogP contribution in [0.4, 0.5) is 17.1 Å². The lowest BCUT2D eigenvalue weighted by molar-refractivity contribution is -0.385. The van der Waals surface area contributed by atoms with Crippen LogP contribution in [-0.2, 0) is 78.5 Å². The topological polar surface area (TPSA) is 462 Å². The summed E-state index contributed by atoms with van der Waals surface area (Å²) < 4.78 is 19.2. The van der Waals surface area contributed by atoms with Crippen molar-refractivity contribution in [1.29, 1.82) is 0 Å². The Balaban J connectivity index is 0.00000148. The first-order chi connectivity index (χ1) is 62.5. The molecule has 0 amide bonds. The van der Waals surface area contributed by atoms with Crippen LogP contribution in [0.2, 0.25) is 0 Å². The highest BCUT2D eigenvalue weighted by Gasteiger charge is 2.26. The summed E-state index contributed by atoms with van der Waals surface area (Å²) in [6, 6.07) is 40.4. The number of hydrogen-bond acceptors (Lipinski definition) is 25. The monoisotopic (exact) mass is 1810 g/mol. The first-order valence-electron chi connectivity index (χ1n) is 42.7. The summed E-state index contributed by atoms with van der Waals surface area (Å²) in [7, 11) is 10.5. The third-order valence-electron chi connectivity index (χ3n) is 17.4. The molecule has 0 fully saturated rings. The average Bonchev–Trinajstić information content (AvgIpc) is 1.62.